The third kappa shape index (κ3) is 9.38. The third-order valence-corrected chi connectivity index (χ3v) is 15.8. The lowest BCUT2D eigenvalue weighted by Gasteiger charge is -2.36. The van der Waals surface area contributed by atoms with Crippen molar-refractivity contribution in [2.75, 3.05) is 0 Å². The molecule has 0 bridgehead atoms. The Morgan fingerprint density at radius 2 is 0.540 bits per heavy atom. The van der Waals surface area contributed by atoms with Gasteiger partial charge in [-0.2, -0.15) is 0 Å². The maximum Gasteiger partial charge on any atom is 0.119 e. The van der Waals surface area contributed by atoms with Crippen molar-refractivity contribution in [1.29, 1.82) is 0 Å². The molecule has 342 valence electrons. The fourth-order valence-electron chi connectivity index (χ4n) is 12.6. The lowest BCUT2D eigenvalue weighted by molar-refractivity contribution is 0.413. The Morgan fingerprint density at radius 1 is 0.317 bits per heavy atom. The molecule has 0 unspecified atom stereocenters. The Bertz CT molecular complexity index is 1960. The minimum atomic E-state index is 0.181. The van der Waals surface area contributed by atoms with E-state index in [1.54, 1.807) is 0 Å². The smallest absolute Gasteiger partial charge is 0.119 e. The van der Waals surface area contributed by atoms with Crippen molar-refractivity contribution in [2.45, 2.75) is 233 Å². The molecule has 0 radical (unpaired) electrons. The van der Waals surface area contributed by atoms with Crippen LogP contribution in [0.25, 0.3) is 33.4 Å². The molecule has 0 saturated heterocycles. The Labute approximate surface area is 383 Å². The summed E-state index contributed by atoms with van der Waals surface area (Å²) in [5.41, 5.74) is 19.1. The number of phenols is 3. The SMILES string of the molecule is CC(C)c1cc(O)c(C2CCCCC2)cc1-c1c(C(C)C)c(-c2cc(C3CCCCC3)c(O)cc2C(C)C)c(C(C)C)c(-c2cc(C3CCCCC3)c(O)cc2C(C)C)c1C(C)C. The van der Waals surface area contributed by atoms with Crippen LogP contribution in [0.15, 0.2) is 36.4 Å². The predicted octanol–water partition coefficient (Wildman–Crippen LogP) is 18.7. The summed E-state index contributed by atoms with van der Waals surface area (Å²) < 4.78 is 0. The van der Waals surface area contributed by atoms with Gasteiger partial charge in [0.25, 0.3) is 0 Å². The Hall–Kier alpha value is -3.72. The van der Waals surface area contributed by atoms with E-state index in [2.05, 4.69) is 119 Å². The average molecular weight is 853 g/mol. The van der Waals surface area contributed by atoms with E-state index in [9.17, 15) is 15.3 Å². The fraction of sp³-hybridized carbons (Fsp3) is 0.600. The maximum atomic E-state index is 12.0. The summed E-state index contributed by atoms with van der Waals surface area (Å²) in [5.74, 6) is 3.55. The van der Waals surface area contributed by atoms with Crippen molar-refractivity contribution < 1.29 is 15.3 Å². The van der Waals surface area contributed by atoms with Crippen LogP contribution in [0.4, 0.5) is 0 Å². The van der Waals surface area contributed by atoms with Crippen LogP contribution in [0.1, 0.15) is 283 Å². The standard InChI is InChI=1S/C60H84O3/c1-34(2)43-31-52(61)46(40-22-16-13-17-23-40)28-49(43)58-55(37(7)8)59(50-29-47(41-24-18-14-19-25-41)53(62)32-44(50)35(3)4)57(39(11)12)60(56(58)38(9)10)51-30-48(42-26-20-15-21-27-42)54(63)33-45(51)36(5)6/h28-42,61-63H,13-27H2,1-12H3. The van der Waals surface area contributed by atoms with Gasteiger partial charge >= 0.3 is 0 Å². The lowest BCUT2D eigenvalue weighted by atomic mass is 9.68. The Morgan fingerprint density at radius 3 is 0.730 bits per heavy atom. The van der Waals surface area contributed by atoms with Gasteiger partial charge in [0.05, 0.1) is 0 Å². The van der Waals surface area contributed by atoms with E-state index in [0.717, 1.165) is 55.2 Å². The largest absolute Gasteiger partial charge is 0.508 e. The zero-order chi connectivity index (χ0) is 45.4. The summed E-state index contributed by atoms with van der Waals surface area (Å²) in [6, 6.07) is 13.8. The first kappa shape index (κ1) is 47.2. The Balaban J connectivity index is 1.75. The van der Waals surface area contributed by atoms with Crippen LogP contribution in [0.5, 0.6) is 17.2 Å². The highest BCUT2D eigenvalue weighted by atomic mass is 16.3. The van der Waals surface area contributed by atoms with E-state index in [1.165, 1.54) is 125 Å². The molecule has 63 heavy (non-hydrogen) atoms. The third-order valence-electron chi connectivity index (χ3n) is 15.8. The molecule has 3 aliphatic rings. The van der Waals surface area contributed by atoms with Gasteiger partial charge < -0.3 is 15.3 Å². The van der Waals surface area contributed by atoms with Crippen LogP contribution in [0, 0.1) is 0 Å². The van der Waals surface area contributed by atoms with E-state index in [-0.39, 0.29) is 35.5 Å². The molecule has 3 N–H and O–H groups in total. The van der Waals surface area contributed by atoms with Crippen molar-refractivity contribution >= 4 is 0 Å². The molecule has 0 aliphatic heterocycles. The first-order valence-corrected chi connectivity index (χ1v) is 25.9. The van der Waals surface area contributed by atoms with Crippen molar-refractivity contribution in [1.82, 2.24) is 0 Å². The lowest BCUT2D eigenvalue weighted by Crippen LogP contribution is -2.15. The monoisotopic (exact) mass is 853 g/mol. The Kier molecular flexibility index (Phi) is 14.8. The molecule has 4 aromatic rings. The molecule has 3 nitrogen and oxygen atoms in total. The van der Waals surface area contributed by atoms with Crippen molar-refractivity contribution in [3.05, 3.63) is 86.5 Å². The molecule has 0 heterocycles. The van der Waals surface area contributed by atoms with Crippen LogP contribution in [-0.2, 0) is 0 Å². The molecule has 3 heteroatoms. The number of rotatable bonds is 12. The highest BCUT2D eigenvalue weighted by molar-refractivity contribution is 5.96. The van der Waals surface area contributed by atoms with Crippen LogP contribution < -0.4 is 0 Å². The molecule has 0 atom stereocenters. The van der Waals surface area contributed by atoms with Gasteiger partial charge in [-0.25, -0.2) is 0 Å². The highest BCUT2D eigenvalue weighted by Crippen LogP contribution is 2.57. The van der Waals surface area contributed by atoms with Gasteiger partial charge in [0.15, 0.2) is 0 Å². The van der Waals surface area contributed by atoms with Gasteiger partial charge in [-0.15, -0.1) is 0 Å². The molecular weight excluding hydrogens is 769 g/mol. The molecule has 7 rings (SSSR count). The summed E-state index contributed by atoms with van der Waals surface area (Å²) >= 11 is 0. The fourth-order valence-corrected chi connectivity index (χ4v) is 12.6. The number of aromatic hydroxyl groups is 3. The molecule has 0 amide bonds. The summed E-state index contributed by atoms with van der Waals surface area (Å²) in [6.45, 7) is 28.3. The van der Waals surface area contributed by atoms with Gasteiger partial charge in [0, 0.05) is 0 Å². The molecular formula is C60H84O3. The molecule has 3 aliphatic carbocycles. The zero-order valence-corrected chi connectivity index (χ0v) is 41.6. The first-order chi connectivity index (χ1) is 30.0. The quantitative estimate of drug-likeness (QED) is 0.133. The first-order valence-electron chi connectivity index (χ1n) is 25.9. The zero-order valence-electron chi connectivity index (χ0n) is 41.6. The number of benzene rings is 4. The topological polar surface area (TPSA) is 60.7 Å². The van der Waals surface area contributed by atoms with E-state index in [0.29, 0.717) is 35.0 Å². The molecule has 3 saturated carbocycles. The number of hydrogen-bond acceptors (Lipinski definition) is 3. The van der Waals surface area contributed by atoms with E-state index >= 15 is 0 Å². The average Bonchev–Trinajstić information content (AvgIpc) is 3.25. The molecule has 0 aromatic heterocycles. The van der Waals surface area contributed by atoms with Crippen LogP contribution in [0.3, 0.4) is 0 Å². The summed E-state index contributed by atoms with van der Waals surface area (Å²) in [6.07, 6.45) is 17.8. The van der Waals surface area contributed by atoms with Gasteiger partial charge in [-0.1, -0.05) is 141 Å². The van der Waals surface area contributed by atoms with Gasteiger partial charge in [0.1, 0.15) is 17.2 Å². The molecule has 4 aromatic carbocycles. The predicted molar refractivity (Wildman–Crippen MR) is 270 cm³/mol. The van der Waals surface area contributed by atoms with E-state index < -0.39 is 0 Å². The second kappa shape index (κ2) is 19.8. The second-order valence-corrected chi connectivity index (χ2v) is 22.3. The van der Waals surface area contributed by atoms with Crippen LogP contribution >= 0.6 is 0 Å². The van der Waals surface area contributed by atoms with Gasteiger partial charge in [-0.05, 0) is 212 Å². The van der Waals surface area contributed by atoms with Gasteiger partial charge in [-0.3, -0.25) is 0 Å². The van der Waals surface area contributed by atoms with Crippen LogP contribution in [0.2, 0.25) is 0 Å². The summed E-state index contributed by atoms with van der Waals surface area (Å²) in [4.78, 5) is 0. The van der Waals surface area contributed by atoms with Crippen molar-refractivity contribution in [2.24, 2.45) is 0 Å². The summed E-state index contributed by atoms with van der Waals surface area (Å²) in [5, 5.41) is 36.0. The highest BCUT2D eigenvalue weighted by Gasteiger charge is 2.36. The van der Waals surface area contributed by atoms with Gasteiger partial charge in [0.2, 0.25) is 0 Å². The number of phenolic OH excluding ortho intramolecular Hbond substituents is 3. The van der Waals surface area contributed by atoms with Crippen molar-refractivity contribution in [3.8, 4) is 50.6 Å². The maximum absolute atomic E-state index is 12.0. The van der Waals surface area contributed by atoms with E-state index in [4.69, 9.17) is 0 Å². The summed E-state index contributed by atoms with van der Waals surface area (Å²) in [7, 11) is 0. The second-order valence-electron chi connectivity index (χ2n) is 22.3. The minimum Gasteiger partial charge on any atom is -0.508 e. The van der Waals surface area contributed by atoms with Crippen molar-refractivity contribution in [3.63, 3.8) is 0 Å². The normalized spacial score (nSPS) is 17.4. The molecule has 0 spiro atoms. The molecule has 3 fully saturated rings. The minimum absolute atomic E-state index is 0.181. The number of hydrogen-bond donors (Lipinski definition) is 3. The van der Waals surface area contributed by atoms with Crippen LogP contribution in [-0.4, -0.2) is 15.3 Å². The van der Waals surface area contributed by atoms with E-state index in [1.807, 2.05) is 0 Å².